The molecule has 35 heavy (non-hydrogen) atoms. The highest BCUT2D eigenvalue weighted by molar-refractivity contribution is 6.10. The largest absolute Gasteiger partial charge is 0.344 e. The number of para-hydroxylation sites is 1. The molecule has 4 aromatic rings. The van der Waals surface area contributed by atoms with Gasteiger partial charge in [-0.15, -0.1) is 0 Å². The Morgan fingerprint density at radius 1 is 1.00 bits per heavy atom. The molecule has 2 aromatic carbocycles. The van der Waals surface area contributed by atoms with E-state index in [2.05, 4.69) is 20.8 Å². The first kappa shape index (κ1) is 22.0. The summed E-state index contributed by atoms with van der Waals surface area (Å²) in [5.74, 6) is -1.20. The predicted octanol–water partition coefficient (Wildman–Crippen LogP) is 3.44. The zero-order valence-corrected chi connectivity index (χ0v) is 18.9. The van der Waals surface area contributed by atoms with Crippen molar-refractivity contribution < 1.29 is 14.4 Å². The molecule has 4 amide bonds. The van der Waals surface area contributed by atoms with E-state index in [-0.39, 0.29) is 5.56 Å². The lowest BCUT2D eigenvalue weighted by Crippen LogP contribution is -2.48. The van der Waals surface area contributed by atoms with Crippen LogP contribution in [-0.4, -0.2) is 37.6 Å². The van der Waals surface area contributed by atoms with E-state index in [0.29, 0.717) is 23.2 Å². The molecule has 0 aliphatic carbocycles. The van der Waals surface area contributed by atoms with E-state index in [1.54, 1.807) is 66.6 Å². The highest BCUT2D eigenvalue weighted by Crippen LogP contribution is 2.32. The fourth-order valence-electron chi connectivity index (χ4n) is 4.17. The molecule has 1 unspecified atom stereocenters. The number of benzene rings is 2. The van der Waals surface area contributed by atoms with Crippen molar-refractivity contribution in [3.8, 4) is 16.9 Å². The van der Waals surface area contributed by atoms with Crippen molar-refractivity contribution in [2.45, 2.75) is 18.9 Å². The number of pyridine rings is 1. The zero-order chi connectivity index (χ0) is 24.4. The van der Waals surface area contributed by atoms with E-state index in [1.807, 2.05) is 36.4 Å². The van der Waals surface area contributed by atoms with Gasteiger partial charge in [0.15, 0.2) is 0 Å². The number of hydrogen-bond acceptors (Lipinski definition) is 5. The van der Waals surface area contributed by atoms with Crippen molar-refractivity contribution in [3.05, 3.63) is 103 Å². The lowest BCUT2D eigenvalue weighted by molar-refractivity contribution is -0.133. The van der Waals surface area contributed by atoms with Crippen LogP contribution in [0.5, 0.6) is 0 Å². The number of hydrazine groups is 1. The smallest absolute Gasteiger partial charge is 0.318 e. The first-order valence-corrected chi connectivity index (χ1v) is 11.1. The molecular formula is C26H22N6O3. The molecule has 3 heterocycles. The lowest BCUT2D eigenvalue weighted by Gasteiger charge is -2.25. The van der Waals surface area contributed by atoms with E-state index < -0.39 is 23.4 Å². The maximum atomic E-state index is 13.4. The highest BCUT2D eigenvalue weighted by Gasteiger charge is 2.52. The van der Waals surface area contributed by atoms with Crippen LogP contribution < -0.4 is 10.7 Å². The van der Waals surface area contributed by atoms with Crippen LogP contribution in [0, 0.1) is 0 Å². The minimum Gasteiger partial charge on any atom is -0.318 e. The molecule has 1 aliphatic heterocycles. The Morgan fingerprint density at radius 3 is 2.37 bits per heavy atom. The van der Waals surface area contributed by atoms with Gasteiger partial charge >= 0.3 is 6.03 Å². The number of urea groups is 1. The Balaban J connectivity index is 1.50. The van der Waals surface area contributed by atoms with Crippen molar-refractivity contribution in [2.75, 3.05) is 0 Å². The first-order chi connectivity index (χ1) is 17.0. The molecule has 2 N–H and O–H groups in total. The summed E-state index contributed by atoms with van der Waals surface area (Å²) in [5, 5.41) is 8.09. The van der Waals surface area contributed by atoms with Gasteiger partial charge in [-0.25, -0.2) is 9.48 Å². The molecule has 1 saturated heterocycles. The summed E-state index contributed by atoms with van der Waals surface area (Å²) in [6.45, 7) is 1.81. The minimum absolute atomic E-state index is 0.191. The van der Waals surface area contributed by atoms with Gasteiger partial charge in [-0.05, 0) is 36.2 Å². The lowest BCUT2D eigenvalue weighted by atomic mass is 9.87. The van der Waals surface area contributed by atoms with E-state index in [4.69, 9.17) is 0 Å². The summed E-state index contributed by atoms with van der Waals surface area (Å²) in [4.78, 5) is 43.8. The Labute approximate surface area is 201 Å². The third-order valence-corrected chi connectivity index (χ3v) is 6.02. The molecule has 1 fully saturated rings. The van der Waals surface area contributed by atoms with E-state index >= 15 is 0 Å². The Morgan fingerprint density at radius 2 is 1.71 bits per heavy atom. The normalized spacial score (nSPS) is 17.3. The maximum Gasteiger partial charge on any atom is 0.344 e. The summed E-state index contributed by atoms with van der Waals surface area (Å²) in [6.07, 6.45) is 5.11. The molecule has 2 aromatic heterocycles. The summed E-state index contributed by atoms with van der Waals surface area (Å²) in [5.41, 5.74) is 3.81. The van der Waals surface area contributed by atoms with Crippen LogP contribution in [0.15, 0.2) is 91.4 Å². The van der Waals surface area contributed by atoms with Crippen LogP contribution in [0.2, 0.25) is 0 Å². The number of rotatable bonds is 6. The monoisotopic (exact) mass is 466 g/mol. The molecule has 5 rings (SSSR count). The number of amides is 4. The van der Waals surface area contributed by atoms with Crippen LogP contribution >= 0.6 is 0 Å². The Kier molecular flexibility index (Phi) is 5.58. The molecule has 9 heteroatoms. The summed E-state index contributed by atoms with van der Waals surface area (Å²) >= 11 is 0. The topological polar surface area (TPSA) is 109 Å². The molecule has 0 spiro atoms. The zero-order valence-electron chi connectivity index (χ0n) is 18.9. The standard InChI is InChI=1S/C26H22N6O3/c1-2-26(19-11-5-3-6-12-19)24(34)32(25(35)28-26)30-23(33)21-17-31(20-13-7-4-8-14-20)29-22(21)18-10-9-15-27-16-18/h3-17H,2H2,1H3,(H,28,35)(H,30,33). The number of nitrogens with zero attached hydrogens (tertiary/aromatic N) is 4. The summed E-state index contributed by atoms with van der Waals surface area (Å²) in [7, 11) is 0. The molecular weight excluding hydrogens is 444 g/mol. The van der Waals surface area contributed by atoms with Crippen LogP contribution in [0.1, 0.15) is 29.3 Å². The summed E-state index contributed by atoms with van der Waals surface area (Å²) in [6, 6.07) is 21.1. The average Bonchev–Trinajstić information content (AvgIpc) is 3.46. The second-order valence-corrected chi connectivity index (χ2v) is 8.05. The van der Waals surface area contributed by atoms with Crippen LogP contribution in [0.3, 0.4) is 0 Å². The molecule has 1 aliphatic rings. The Hall–Kier alpha value is -4.79. The number of aromatic nitrogens is 3. The van der Waals surface area contributed by atoms with Gasteiger partial charge in [-0.2, -0.15) is 10.1 Å². The average molecular weight is 467 g/mol. The summed E-state index contributed by atoms with van der Waals surface area (Å²) < 4.78 is 1.57. The fraction of sp³-hybridized carbons (Fsp3) is 0.115. The van der Waals surface area contributed by atoms with Gasteiger partial charge < -0.3 is 5.32 Å². The van der Waals surface area contributed by atoms with Crippen LogP contribution in [-0.2, 0) is 10.3 Å². The van der Waals surface area contributed by atoms with E-state index in [0.717, 1.165) is 10.7 Å². The number of nitrogens with one attached hydrogen (secondary N) is 2. The van der Waals surface area contributed by atoms with Gasteiger partial charge in [-0.1, -0.05) is 55.5 Å². The number of carbonyl (C=O) groups excluding carboxylic acids is 3. The van der Waals surface area contributed by atoms with Gasteiger partial charge in [0.1, 0.15) is 11.2 Å². The highest BCUT2D eigenvalue weighted by atomic mass is 16.2. The second-order valence-electron chi connectivity index (χ2n) is 8.05. The number of carbonyl (C=O) groups is 3. The van der Waals surface area contributed by atoms with Gasteiger partial charge in [0, 0.05) is 24.2 Å². The van der Waals surface area contributed by atoms with Crippen LogP contribution in [0.4, 0.5) is 4.79 Å². The SMILES string of the molecule is CCC1(c2ccccc2)NC(=O)N(NC(=O)c2cn(-c3ccccc3)nc2-c2cccnc2)C1=O. The van der Waals surface area contributed by atoms with Crippen molar-refractivity contribution in [2.24, 2.45) is 0 Å². The minimum atomic E-state index is -1.26. The van der Waals surface area contributed by atoms with Gasteiger partial charge in [0.05, 0.1) is 11.3 Å². The van der Waals surface area contributed by atoms with Gasteiger partial charge in [0.25, 0.3) is 11.8 Å². The Bertz CT molecular complexity index is 1390. The van der Waals surface area contributed by atoms with Crippen LogP contribution in [0.25, 0.3) is 16.9 Å². The third-order valence-electron chi connectivity index (χ3n) is 6.02. The van der Waals surface area contributed by atoms with E-state index in [1.165, 1.54) is 0 Å². The third kappa shape index (κ3) is 3.82. The number of hydrogen-bond donors (Lipinski definition) is 2. The molecule has 0 bridgehead atoms. The quantitative estimate of drug-likeness (QED) is 0.423. The molecule has 9 nitrogen and oxygen atoms in total. The van der Waals surface area contributed by atoms with Gasteiger partial charge in [-0.3, -0.25) is 20.0 Å². The molecule has 0 radical (unpaired) electrons. The first-order valence-electron chi connectivity index (χ1n) is 11.1. The van der Waals surface area contributed by atoms with Gasteiger partial charge in [0.2, 0.25) is 0 Å². The second kappa shape index (κ2) is 8.86. The molecule has 174 valence electrons. The van der Waals surface area contributed by atoms with E-state index in [9.17, 15) is 14.4 Å². The van der Waals surface area contributed by atoms with Crippen molar-refractivity contribution in [3.63, 3.8) is 0 Å². The predicted molar refractivity (Wildman–Crippen MR) is 128 cm³/mol. The molecule has 1 atom stereocenters. The molecule has 0 saturated carbocycles. The number of imide groups is 1. The van der Waals surface area contributed by atoms with Crippen molar-refractivity contribution in [1.29, 1.82) is 0 Å². The van der Waals surface area contributed by atoms with Crippen molar-refractivity contribution in [1.82, 2.24) is 30.5 Å². The fourth-order valence-corrected chi connectivity index (χ4v) is 4.17. The maximum absolute atomic E-state index is 13.4. The van der Waals surface area contributed by atoms with Crippen molar-refractivity contribution >= 4 is 17.8 Å².